The van der Waals surface area contributed by atoms with Gasteiger partial charge in [0.15, 0.2) is 11.6 Å². The van der Waals surface area contributed by atoms with Crippen LogP contribution >= 0.6 is 0 Å². The summed E-state index contributed by atoms with van der Waals surface area (Å²) in [6, 6.07) is 0. The van der Waals surface area contributed by atoms with E-state index in [0.717, 1.165) is 59.1 Å². The molecule has 0 aromatic heterocycles. The molecular weight excluding hydrogens is 632 g/mol. The Labute approximate surface area is 298 Å². The fourth-order valence-electron chi connectivity index (χ4n) is 10.7. The lowest BCUT2D eigenvalue weighted by atomic mass is 9.65. The highest BCUT2D eigenvalue weighted by atomic mass is 16.5. The third-order valence-corrected chi connectivity index (χ3v) is 13.0. The summed E-state index contributed by atoms with van der Waals surface area (Å²) in [4.78, 5) is 49.1. The highest BCUT2D eigenvalue weighted by Gasteiger charge is 2.58. The molecule has 50 heavy (non-hydrogen) atoms. The molecule has 4 aliphatic carbocycles. The van der Waals surface area contributed by atoms with Crippen LogP contribution in [0.5, 0.6) is 0 Å². The normalized spacial score (nSPS) is 40.0. The third kappa shape index (κ3) is 6.88. The molecule has 12 atom stereocenters. The van der Waals surface area contributed by atoms with Crippen LogP contribution in [0.4, 0.5) is 0 Å². The first-order valence-electron chi connectivity index (χ1n) is 19.0. The molecule has 2 heterocycles. The number of aliphatic carboxylic acids is 2. The van der Waals surface area contributed by atoms with E-state index in [4.69, 9.17) is 19.7 Å². The molecule has 8 nitrogen and oxygen atoms in total. The molecule has 2 aliphatic heterocycles. The summed E-state index contributed by atoms with van der Waals surface area (Å²) in [5.74, 6) is 1.15. The van der Waals surface area contributed by atoms with Gasteiger partial charge in [-0.1, -0.05) is 51.0 Å². The van der Waals surface area contributed by atoms with E-state index in [1.807, 2.05) is 41.5 Å². The van der Waals surface area contributed by atoms with Crippen molar-refractivity contribution in [1.82, 2.24) is 0 Å². The van der Waals surface area contributed by atoms with Gasteiger partial charge in [0.05, 0.1) is 23.4 Å². The molecule has 276 valence electrons. The highest BCUT2D eigenvalue weighted by molar-refractivity contribution is 6.03. The summed E-state index contributed by atoms with van der Waals surface area (Å²) in [6.07, 6.45) is 8.90. The quantitative estimate of drug-likeness (QED) is 0.243. The van der Waals surface area contributed by atoms with Crippen LogP contribution in [0.1, 0.15) is 121 Å². The Morgan fingerprint density at radius 1 is 0.660 bits per heavy atom. The zero-order chi connectivity index (χ0) is 37.0. The maximum absolute atomic E-state index is 13.4. The van der Waals surface area contributed by atoms with Crippen molar-refractivity contribution >= 4 is 23.5 Å². The van der Waals surface area contributed by atoms with Gasteiger partial charge in [-0.25, -0.2) is 0 Å². The fraction of sp³-hybridized carbons (Fsp3) is 0.714. The number of ether oxygens (including phenoxy) is 2. The molecule has 0 spiro atoms. The maximum atomic E-state index is 13.4. The van der Waals surface area contributed by atoms with Gasteiger partial charge in [-0.15, -0.1) is 0 Å². The van der Waals surface area contributed by atoms with Crippen LogP contribution in [0, 0.1) is 47.3 Å². The van der Waals surface area contributed by atoms with Gasteiger partial charge >= 0.3 is 11.9 Å². The molecule has 2 N–H and O–H groups in total. The van der Waals surface area contributed by atoms with Crippen molar-refractivity contribution < 1.29 is 38.9 Å². The molecule has 0 saturated heterocycles. The smallest absolute Gasteiger partial charge is 0.303 e. The van der Waals surface area contributed by atoms with Crippen LogP contribution < -0.4 is 0 Å². The molecular formula is C42H60O8. The molecule has 0 aromatic rings. The Balaban J connectivity index is 0.000000194. The molecule has 0 radical (unpaired) electrons. The summed E-state index contributed by atoms with van der Waals surface area (Å²) in [6.45, 7) is 20.8. The number of ketones is 2. The van der Waals surface area contributed by atoms with Crippen molar-refractivity contribution in [2.75, 3.05) is 0 Å². The first kappa shape index (κ1) is 38.4. The van der Waals surface area contributed by atoms with Gasteiger partial charge in [0, 0.05) is 35.8 Å². The zero-order valence-corrected chi connectivity index (χ0v) is 31.9. The highest BCUT2D eigenvalue weighted by Crippen LogP contribution is 2.57. The molecule has 8 heteroatoms. The summed E-state index contributed by atoms with van der Waals surface area (Å²) < 4.78 is 12.7. The van der Waals surface area contributed by atoms with Crippen molar-refractivity contribution in [3.05, 3.63) is 45.6 Å². The van der Waals surface area contributed by atoms with E-state index in [0.29, 0.717) is 48.3 Å². The molecule has 0 aromatic carbocycles. The topological polar surface area (TPSA) is 127 Å². The largest absolute Gasteiger partial charge is 0.481 e. The monoisotopic (exact) mass is 692 g/mol. The Morgan fingerprint density at radius 3 is 1.30 bits per heavy atom. The molecule has 6 rings (SSSR count). The number of fused-ring (bicyclic) bond motifs is 2. The number of rotatable bonds is 8. The van der Waals surface area contributed by atoms with Crippen LogP contribution in [-0.2, 0) is 28.7 Å². The summed E-state index contributed by atoms with van der Waals surface area (Å²) in [7, 11) is 0. The van der Waals surface area contributed by atoms with E-state index >= 15 is 0 Å². The van der Waals surface area contributed by atoms with Crippen LogP contribution in [0.25, 0.3) is 0 Å². The number of hydrogen-bond acceptors (Lipinski definition) is 6. The Morgan fingerprint density at radius 2 is 1.00 bits per heavy atom. The van der Waals surface area contributed by atoms with Crippen LogP contribution in [-0.4, -0.2) is 57.1 Å². The van der Waals surface area contributed by atoms with Gasteiger partial charge in [0.1, 0.15) is 0 Å². The van der Waals surface area contributed by atoms with E-state index in [9.17, 15) is 19.2 Å². The standard InChI is InChI=1S/2C21H30O4/c2*1-11(2)10-15-18-13(4)14-7-6-12(3)17(14)20(24)19(18)21(5,25-15)9-8-16(22)23/h2*10,12-15,17H,6-9H2,1-5H3,(H,22,23)/t2*12-,13-,14-,15+,17+,21-/m00/s1. The molecule has 2 fully saturated rings. The Kier molecular flexibility index (Phi) is 11.0. The Hall–Kier alpha value is -2.84. The van der Waals surface area contributed by atoms with Gasteiger partial charge in [-0.3, -0.25) is 19.2 Å². The lowest BCUT2D eigenvalue weighted by molar-refractivity contribution is -0.139. The number of carbonyl (C=O) groups is 4. The predicted octanol–water partition coefficient (Wildman–Crippen LogP) is 8.31. The summed E-state index contributed by atoms with van der Waals surface area (Å²) >= 11 is 0. The maximum Gasteiger partial charge on any atom is 0.303 e. The predicted molar refractivity (Wildman–Crippen MR) is 192 cm³/mol. The average Bonchev–Trinajstić information content (AvgIpc) is 3.75. The molecule has 0 bridgehead atoms. The van der Waals surface area contributed by atoms with E-state index < -0.39 is 23.1 Å². The zero-order valence-electron chi connectivity index (χ0n) is 31.9. The first-order chi connectivity index (χ1) is 23.3. The molecule has 0 amide bonds. The number of carboxylic acid groups (broad SMARTS) is 2. The van der Waals surface area contributed by atoms with Crippen molar-refractivity contribution in [1.29, 1.82) is 0 Å². The van der Waals surface area contributed by atoms with E-state index in [1.54, 1.807) is 0 Å². The van der Waals surface area contributed by atoms with Gasteiger partial charge in [0.2, 0.25) is 0 Å². The second-order valence-electron chi connectivity index (χ2n) is 17.3. The van der Waals surface area contributed by atoms with Gasteiger partial charge in [0.25, 0.3) is 0 Å². The minimum absolute atomic E-state index is 0.0140. The van der Waals surface area contributed by atoms with Gasteiger partial charge < -0.3 is 19.7 Å². The molecule has 0 unspecified atom stereocenters. The second-order valence-corrected chi connectivity index (χ2v) is 17.3. The van der Waals surface area contributed by atoms with E-state index in [1.165, 1.54) is 0 Å². The van der Waals surface area contributed by atoms with Crippen molar-refractivity contribution in [3.8, 4) is 0 Å². The minimum atomic E-state index is -0.846. The lowest BCUT2D eigenvalue weighted by Gasteiger charge is -2.36. The van der Waals surface area contributed by atoms with Gasteiger partial charge in [-0.2, -0.15) is 0 Å². The van der Waals surface area contributed by atoms with Crippen molar-refractivity contribution in [3.63, 3.8) is 0 Å². The Bertz CT molecular complexity index is 1420. The number of hydrogen-bond donors (Lipinski definition) is 2. The van der Waals surface area contributed by atoms with Crippen LogP contribution in [0.2, 0.25) is 0 Å². The third-order valence-electron chi connectivity index (χ3n) is 13.0. The SMILES string of the molecule is CC(C)=C[C@H]1O[C@@](C)(CCC(=O)O)C2=C1[C@@H](C)[C@@H]1CC[C@H](C)[C@H]1C2=O.CC(C)=C[C@H]1O[C@@](C)(CCC(=O)O)C2=C1[C@@H](C)[C@@H]1CC[C@H](C)[C@H]1C2=O. The number of allylic oxidation sites excluding steroid dienone is 2. The van der Waals surface area contributed by atoms with Crippen molar-refractivity contribution in [2.24, 2.45) is 47.3 Å². The van der Waals surface area contributed by atoms with E-state index in [-0.39, 0.29) is 48.5 Å². The second kappa shape index (κ2) is 14.3. The first-order valence-corrected chi connectivity index (χ1v) is 19.0. The number of carbonyl (C=O) groups excluding carboxylic acids is 2. The minimum Gasteiger partial charge on any atom is -0.481 e. The molecule has 2 saturated carbocycles. The van der Waals surface area contributed by atoms with Crippen molar-refractivity contribution in [2.45, 2.75) is 144 Å². The lowest BCUT2D eigenvalue weighted by Crippen LogP contribution is -2.41. The number of Topliss-reactive ketones (excluding diaryl/α,β-unsaturated/α-hetero) is 2. The van der Waals surface area contributed by atoms with Gasteiger partial charge in [-0.05, 0) is 127 Å². The average molecular weight is 693 g/mol. The fourth-order valence-corrected chi connectivity index (χ4v) is 10.7. The van der Waals surface area contributed by atoms with Crippen LogP contribution in [0.15, 0.2) is 45.6 Å². The number of carboxylic acids is 2. The summed E-state index contributed by atoms with van der Waals surface area (Å²) in [5, 5.41) is 18.3. The van der Waals surface area contributed by atoms with E-state index in [2.05, 4.69) is 39.8 Å². The van der Waals surface area contributed by atoms with Crippen LogP contribution in [0.3, 0.4) is 0 Å². The molecule has 6 aliphatic rings. The summed E-state index contributed by atoms with van der Waals surface area (Å²) in [5.41, 5.74) is 4.55.